The van der Waals surface area contributed by atoms with Crippen LogP contribution in [-0.4, -0.2) is 0 Å². The van der Waals surface area contributed by atoms with Crippen LogP contribution in [0.25, 0.3) is 11.1 Å². The van der Waals surface area contributed by atoms with Gasteiger partial charge in [-0.25, -0.2) is 0 Å². The lowest BCUT2D eigenvalue weighted by Gasteiger charge is -2.01. The summed E-state index contributed by atoms with van der Waals surface area (Å²) in [6.07, 6.45) is 14.9. The summed E-state index contributed by atoms with van der Waals surface area (Å²) < 4.78 is 0. The lowest BCUT2D eigenvalue weighted by atomic mass is 10.0. The van der Waals surface area contributed by atoms with Crippen LogP contribution < -0.4 is 0 Å². The van der Waals surface area contributed by atoms with Crippen molar-refractivity contribution < 1.29 is 0 Å². The number of allylic oxidation sites excluding steroid dienone is 8. The molecule has 0 aromatic heterocycles. The van der Waals surface area contributed by atoms with Crippen molar-refractivity contribution in [3.05, 3.63) is 107 Å². The summed E-state index contributed by atoms with van der Waals surface area (Å²) in [6.45, 7) is 0. The molecule has 0 unspecified atom stereocenters. The van der Waals surface area contributed by atoms with Crippen LogP contribution in [0.2, 0.25) is 0 Å². The van der Waals surface area contributed by atoms with Crippen molar-refractivity contribution in [3.63, 3.8) is 0 Å². The molecule has 2 aromatic rings. The van der Waals surface area contributed by atoms with Gasteiger partial charge in [0.25, 0.3) is 0 Å². The van der Waals surface area contributed by atoms with Gasteiger partial charge >= 0.3 is 0 Å². The highest BCUT2D eigenvalue weighted by atomic mass is 14.1. The van der Waals surface area contributed by atoms with E-state index in [4.69, 9.17) is 0 Å². The third-order valence-electron chi connectivity index (χ3n) is 4.53. The van der Waals surface area contributed by atoms with Gasteiger partial charge in [0, 0.05) is 11.1 Å². The van der Waals surface area contributed by atoms with Crippen LogP contribution in [0.5, 0.6) is 0 Å². The molecule has 122 valence electrons. The third-order valence-corrected chi connectivity index (χ3v) is 4.53. The van der Waals surface area contributed by atoms with Crippen molar-refractivity contribution in [1.29, 1.82) is 0 Å². The Labute approximate surface area is 155 Å². The molecular weight excluding hydrogens is 312 g/mol. The van der Waals surface area contributed by atoms with E-state index in [1.54, 1.807) is 0 Å². The summed E-state index contributed by atoms with van der Waals surface area (Å²) >= 11 is 0. The molecule has 0 saturated carbocycles. The molecule has 2 aliphatic rings. The molecule has 0 heteroatoms. The topological polar surface area (TPSA) is 0 Å². The van der Waals surface area contributed by atoms with Gasteiger partial charge in [0.15, 0.2) is 0 Å². The fourth-order valence-electron chi connectivity index (χ4n) is 3.06. The molecule has 26 heavy (non-hydrogen) atoms. The van der Waals surface area contributed by atoms with Gasteiger partial charge in [-0.3, -0.25) is 0 Å². The Kier molecular flexibility index (Phi) is 4.68. The van der Waals surface area contributed by atoms with Crippen molar-refractivity contribution in [2.24, 2.45) is 0 Å². The quantitative estimate of drug-likeness (QED) is 0.613. The molecule has 0 aliphatic heterocycles. The second kappa shape index (κ2) is 7.60. The first-order valence-corrected chi connectivity index (χ1v) is 8.83. The van der Waals surface area contributed by atoms with Crippen LogP contribution in [0.4, 0.5) is 0 Å². The smallest absolute Gasteiger partial charge is 0.0255 e. The van der Waals surface area contributed by atoms with E-state index in [2.05, 4.69) is 109 Å². The first-order valence-electron chi connectivity index (χ1n) is 8.83. The largest absolute Gasteiger partial charge is 0.0801 e. The normalized spacial score (nSPS) is 14.2. The van der Waals surface area contributed by atoms with Gasteiger partial charge in [-0.05, 0) is 71.2 Å². The Morgan fingerprint density at radius 2 is 0.962 bits per heavy atom. The van der Waals surface area contributed by atoms with Gasteiger partial charge in [0.05, 0.1) is 0 Å². The van der Waals surface area contributed by atoms with E-state index < -0.39 is 0 Å². The van der Waals surface area contributed by atoms with Crippen LogP contribution in [0.3, 0.4) is 0 Å². The number of rotatable bonds is 2. The van der Waals surface area contributed by atoms with E-state index in [0.29, 0.717) is 0 Å². The van der Waals surface area contributed by atoms with Gasteiger partial charge in [0.1, 0.15) is 0 Å². The fourth-order valence-corrected chi connectivity index (χ4v) is 3.06. The number of hydrogen-bond acceptors (Lipinski definition) is 0. The lowest BCUT2D eigenvalue weighted by molar-refractivity contribution is 1.43. The van der Waals surface area contributed by atoms with Crippen LogP contribution in [0.15, 0.2) is 85.0 Å². The van der Waals surface area contributed by atoms with E-state index in [1.807, 2.05) is 0 Å². The van der Waals surface area contributed by atoms with Crippen molar-refractivity contribution in [2.45, 2.75) is 12.8 Å². The number of hydrogen-bond donors (Lipinski definition) is 0. The first-order chi connectivity index (χ1) is 12.9. The van der Waals surface area contributed by atoms with Crippen LogP contribution in [-0.2, 0) is 0 Å². The zero-order valence-corrected chi connectivity index (χ0v) is 14.5. The standard InChI is InChI=1S/C26H18/c1(7-21-13-17-25(18-14-21)23-9-3-4-10-23)2-8-22-15-19-26(20-16-22)24-11-5-6-12-24/h3-6,9,11,13-20H,10,12H2. The van der Waals surface area contributed by atoms with Crippen LogP contribution in [0, 0.1) is 23.7 Å². The summed E-state index contributed by atoms with van der Waals surface area (Å²) in [7, 11) is 0. The minimum Gasteiger partial charge on any atom is -0.0801 e. The van der Waals surface area contributed by atoms with Gasteiger partial charge in [-0.2, -0.15) is 0 Å². The van der Waals surface area contributed by atoms with E-state index >= 15 is 0 Å². The predicted octanol–water partition coefficient (Wildman–Crippen LogP) is 5.78. The van der Waals surface area contributed by atoms with E-state index in [1.165, 1.54) is 22.3 Å². The molecule has 0 spiro atoms. The molecule has 2 aromatic carbocycles. The maximum Gasteiger partial charge on any atom is 0.0255 e. The summed E-state index contributed by atoms with van der Waals surface area (Å²) in [6, 6.07) is 16.7. The zero-order valence-electron chi connectivity index (χ0n) is 14.5. The molecule has 0 saturated heterocycles. The SMILES string of the molecule is C(C#Cc1ccc(C2=CC=CC2)cc1)#Cc1ccc(C2=CC=CC2)cc1. The third kappa shape index (κ3) is 3.77. The molecule has 2 aliphatic carbocycles. The molecule has 0 fully saturated rings. The van der Waals surface area contributed by atoms with Gasteiger partial charge in [-0.1, -0.05) is 72.6 Å². The summed E-state index contributed by atoms with van der Waals surface area (Å²) in [5.41, 5.74) is 7.23. The van der Waals surface area contributed by atoms with E-state index in [0.717, 1.165) is 24.0 Å². The Hall–Kier alpha value is -3.48. The monoisotopic (exact) mass is 330 g/mol. The predicted molar refractivity (Wildman–Crippen MR) is 110 cm³/mol. The Morgan fingerprint density at radius 1 is 0.538 bits per heavy atom. The highest BCUT2D eigenvalue weighted by molar-refractivity contribution is 5.72. The molecule has 0 bridgehead atoms. The Morgan fingerprint density at radius 3 is 1.31 bits per heavy atom. The van der Waals surface area contributed by atoms with Gasteiger partial charge in [-0.15, -0.1) is 0 Å². The fraction of sp³-hybridized carbons (Fsp3) is 0.0769. The molecule has 0 atom stereocenters. The van der Waals surface area contributed by atoms with Gasteiger partial charge < -0.3 is 0 Å². The Bertz CT molecular complexity index is 956. The molecule has 0 radical (unpaired) electrons. The van der Waals surface area contributed by atoms with Gasteiger partial charge in [0.2, 0.25) is 0 Å². The zero-order chi connectivity index (χ0) is 17.6. The van der Waals surface area contributed by atoms with Crippen molar-refractivity contribution in [2.75, 3.05) is 0 Å². The molecule has 0 amide bonds. The van der Waals surface area contributed by atoms with Crippen molar-refractivity contribution in [1.82, 2.24) is 0 Å². The average Bonchev–Trinajstić information content (AvgIpc) is 3.40. The maximum atomic E-state index is 3.11. The molecule has 0 N–H and O–H groups in total. The minimum absolute atomic E-state index is 0.991. The van der Waals surface area contributed by atoms with Crippen molar-refractivity contribution >= 4 is 11.1 Å². The molecule has 0 nitrogen and oxygen atoms in total. The summed E-state index contributed by atoms with van der Waals surface area (Å²) in [5, 5.41) is 0. The van der Waals surface area contributed by atoms with E-state index in [9.17, 15) is 0 Å². The Balaban J connectivity index is 1.40. The van der Waals surface area contributed by atoms with Crippen LogP contribution in [0.1, 0.15) is 35.1 Å². The maximum absolute atomic E-state index is 3.11. The number of benzene rings is 2. The molecule has 0 heterocycles. The molecule has 4 rings (SSSR count). The van der Waals surface area contributed by atoms with Crippen molar-refractivity contribution in [3.8, 4) is 23.7 Å². The second-order valence-electron chi connectivity index (χ2n) is 6.30. The lowest BCUT2D eigenvalue weighted by Crippen LogP contribution is -1.82. The first kappa shape index (κ1) is 16.0. The highest BCUT2D eigenvalue weighted by Gasteiger charge is 2.02. The molecular formula is C26H18. The summed E-state index contributed by atoms with van der Waals surface area (Å²) in [5.74, 6) is 12.1. The minimum atomic E-state index is 0.991. The van der Waals surface area contributed by atoms with Crippen LogP contribution >= 0.6 is 0 Å². The highest BCUT2D eigenvalue weighted by Crippen LogP contribution is 2.24. The van der Waals surface area contributed by atoms with E-state index in [-0.39, 0.29) is 0 Å². The average molecular weight is 330 g/mol. The second-order valence-corrected chi connectivity index (χ2v) is 6.30. The summed E-state index contributed by atoms with van der Waals surface area (Å²) in [4.78, 5) is 0.